The van der Waals surface area contributed by atoms with Crippen molar-refractivity contribution in [1.82, 2.24) is 12.3 Å². The molecule has 0 aliphatic carbocycles. The summed E-state index contributed by atoms with van der Waals surface area (Å²) < 4.78 is 26.6. The molecule has 9 heteroatoms. The van der Waals surface area contributed by atoms with Gasteiger partial charge in [0.05, 0.1) is 0 Å². The minimum Gasteiger partial charge on any atom is -0.736 e. The fourth-order valence-corrected chi connectivity index (χ4v) is 1.93. The predicted octanol–water partition coefficient (Wildman–Crippen LogP) is 2.60. The van der Waals surface area contributed by atoms with Crippen LogP contribution in [0.5, 0.6) is 0 Å². The molecular weight excluding hydrogens is 322 g/mol. The molecule has 0 unspecified atom stereocenters. The molecule has 23 heavy (non-hydrogen) atoms. The Hall–Kier alpha value is -0.740. The molecule has 10 N–H and O–H groups in total. The van der Waals surface area contributed by atoms with Crippen molar-refractivity contribution >= 4 is 16.3 Å². The Labute approximate surface area is 141 Å². The molecule has 0 fully saturated rings. The molecule has 0 heterocycles. The van der Waals surface area contributed by atoms with Crippen LogP contribution in [0.15, 0.2) is 0 Å². The van der Waals surface area contributed by atoms with Crippen molar-refractivity contribution in [2.75, 3.05) is 0 Å². The first-order chi connectivity index (χ1) is 9.77. The van der Waals surface area contributed by atoms with E-state index in [-0.39, 0.29) is 18.7 Å². The normalized spacial score (nSPS) is 9.87. The van der Waals surface area contributed by atoms with Crippen molar-refractivity contribution in [3.63, 3.8) is 0 Å². The Kier molecular flexibility index (Phi) is 27.9. The van der Waals surface area contributed by atoms with Crippen molar-refractivity contribution in [2.45, 2.75) is 84.0 Å². The Morgan fingerprint density at radius 2 is 1.09 bits per heavy atom. The summed E-state index contributed by atoms with van der Waals surface area (Å²) in [4.78, 5) is 10.1. The minimum atomic E-state index is -4.42. The first-order valence-corrected chi connectivity index (χ1v) is 9.18. The third kappa shape index (κ3) is 52.5. The maximum Gasteiger partial charge on any atom is 0.156 e. The van der Waals surface area contributed by atoms with E-state index in [9.17, 15) is 9.90 Å². The number of carbonyl (C=O) groups is 1. The molecule has 0 atom stereocenters. The quantitative estimate of drug-likeness (QED) is 0.354. The van der Waals surface area contributed by atoms with Gasteiger partial charge in [-0.1, -0.05) is 71.1 Å². The molecule has 0 aromatic carbocycles. The van der Waals surface area contributed by atoms with Gasteiger partial charge in [0.15, 0.2) is 10.3 Å². The van der Waals surface area contributed by atoms with Gasteiger partial charge in [-0.15, -0.1) is 0 Å². The van der Waals surface area contributed by atoms with Crippen LogP contribution in [0.1, 0.15) is 84.0 Å². The molecule has 0 spiro atoms. The highest BCUT2D eigenvalue weighted by Crippen LogP contribution is 2.11. The topological polar surface area (TPSA) is 196 Å². The van der Waals surface area contributed by atoms with Crippen LogP contribution in [0.25, 0.3) is 0 Å². The fourth-order valence-electron chi connectivity index (χ4n) is 1.93. The standard InChI is InChI=1S/C14H28O2.H3NO3S.2H3N/c1-2-3-4-5-6-7-8-9-10-11-12-13-14(15)16;1-5(2,3)4;;/h2-13H2,1H3,(H,15,16);(H3,1,2,3,4);2*1H3. The SMILES string of the molecule is CCCCCCCCCCCCCC(=O)[O-].NS(=O)(=O)[O-].[NH4+].[NH4+]. The third-order valence-corrected chi connectivity index (χ3v) is 2.98. The lowest BCUT2D eigenvalue weighted by Crippen LogP contribution is -2.21. The molecule has 0 aromatic heterocycles. The van der Waals surface area contributed by atoms with E-state index in [1.54, 1.807) is 0 Å². The van der Waals surface area contributed by atoms with E-state index in [4.69, 9.17) is 13.0 Å². The summed E-state index contributed by atoms with van der Waals surface area (Å²) in [5.41, 5.74) is 0. The first-order valence-electron chi connectivity index (χ1n) is 7.70. The largest absolute Gasteiger partial charge is 0.736 e. The van der Waals surface area contributed by atoms with Crippen LogP contribution in [-0.2, 0) is 15.1 Å². The van der Waals surface area contributed by atoms with Crippen molar-refractivity contribution < 1.29 is 22.9 Å². The van der Waals surface area contributed by atoms with Gasteiger partial charge in [-0.2, -0.15) is 0 Å². The van der Waals surface area contributed by atoms with Gasteiger partial charge in [0.25, 0.3) is 0 Å². The zero-order valence-corrected chi connectivity index (χ0v) is 15.8. The highest BCUT2D eigenvalue weighted by molar-refractivity contribution is 7.83. The first kappa shape index (κ1) is 30.2. The molecular formula is C14H37N3O5S. The maximum atomic E-state index is 10.1. The molecule has 0 aliphatic heterocycles. The Morgan fingerprint density at radius 1 is 0.826 bits per heavy atom. The van der Waals surface area contributed by atoms with E-state index in [2.05, 4.69) is 12.1 Å². The molecule has 8 nitrogen and oxygen atoms in total. The number of hydrogen-bond acceptors (Lipinski definition) is 5. The molecule has 0 aromatic rings. The van der Waals surface area contributed by atoms with Gasteiger partial charge in [0.2, 0.25) is 0 Å². The second-order valence-corrected chi connectivity index (χ2v) is 6.14. The summed E-state index contributed by atoms with van der Waals surface area (Å²) in [6.45, 7) is 2.24. The Morgan fingerprint density at radius 3 is 1.35 bits per heavy atom. The van der Waals surface area contributed by atoms with E-state index >= 15 is 0 Å². The van der Waals surface area contributed by atoms with Crippen molar-refractivity contribution in [2.24, 2.45) is 5.14 Å². The Bertz CT molecular complexity index is 329. The molecule has 0 saturated carbocycles. The molecule has 0 radical (unpaired) electrons. The summed E-state index contributed by atoms with van der Waals surface area (Å²) in [5.74, 6) is -0.907. The third-order valence-electron chi connectivity index (χ3n) is 2.98. The van der Waals surface area contributed by atoms with Crippen LogP contribution in [0.3, 0.4) is 0 Å². The van der Waals surface area contributed by atoms with Gasteiger partial charge < -0.3 is 26.8 Å². The minimum absolute atomic E-state index is 0. The van der Waals surface area contributed by atoms with E-state index in [1.807, 2.05) is 0 Å². The monoisotopic (exact) mass is 359 g/mol. The van der Waals surface area contributed by atoms with Crippen LogP contribution in [-0.4, -0.2) is 18.9 Å². The molecule has 0 amide bonds. The molecule has 0 bridgehead atoms. The second kappa shape index (κ2) is 21.3. The predicted molar refractivity (Wildman–Crippen MR) is 91.9 cm³/mol. The van der Waals surface area contributed by atoms with E-state index in [0.717, 1.165) is 12.8 Å². The summed E-state index contributed by atoms with van der Waals surface area (Å²) in [5, 5.41) is 13.9. The number of aliphatic carboxylic acids is 1. The fraction of sp³-hybridized carbons (Fsp3) is 0.929. The number of carbonyl (C=O) groups excluding carboxylic acids is 1. The van der Waals surface area contributed by atoms with Crippen molar-refractivity contribution in [3.05, 3.63) is 0 Å². The highest BCUT2D eigenvalue weighted by atomic mass is 32.2. The molecule has 0 aliphatic rings. The van der Waals surface area contributed by atoms with Crippen LogP contribution in [0.2, 0.25) is 0 Å². The average molecular weight is 360 g/mol. The highest BCUT2D eigenvalue weighted by Gasteiger charge is 1.93. The van der Waals surface area contributed by atoms with Gasteiger partial charge in [-0.3, -0.25) is 0 Å². The van der Waals surface area contributed by atoms with E-state index in [1.165, 1.54) is 57.8 Å². The number of carboxylic acids is 1. The molecule has 144 valence electrons. The summed E-state index contributed by atoms with van der Waals surface area (Å²) in [6.07, 6.45) is 14.0. The number of nitrogens with two attached hydrogens (primary N) is 1. The van der Waals surface area contributed by atoms with Crippen LogP contribution < -0.4 is 22.5 Å². The second-order valence-electron chi connectivity index (χ2n) is 5.15. The van der Waals surface area contributed by atoms with Gasteiger partial charge in [0, 0.05) is 5.97 Å². The summed E-state index contributed by atoms with van der Waals surface area (Å²) in [7, 11) is -4.42. The lowest BCUT2D eigenvalue weighted by molar-refractivity contribution is -0.305. The lowest BCUT2D eigenvalue weighted by Gasteiger charge is -2.03. The summed E-state index contributed by atoms with van der Waals surface area (Å²) in [6, 6.07) is 0. The zero-order chi connectivity index (χ0) is 16.6. The molecule has 0 rings (SSSR count). The molecule has 0 saturated heterocycles. The van der Waals surface area contributed by atoms with Gasteiger partial charge in [0.1, 0.15) is 0 Å². The van der Waals surface area contributed by atoms with Gasteiger partial charge in [-0.05, 0) is 12.8 Å². The number of carboxylic acid groups (broad SMARTS) is 1. The van der Waals surface area contributed by atoms with Crippen molar-refractivity contribution in [3.8, 4) is 0 Å². The van der Waals surface area contributed by atoms with Crippen molar-refractivity contribution in [1.29, 1.82) is 0 Å². The lowest BCUT2D eigenvalue weighted by atomic mass is 10.1. The number of unbranched alkanes of at least 4 members (excludes halogenated alkanes) is 10. The van der Waals surface area contributed by atoms with Crippen LogP contribution in [0, 0.1) is 0 Å². The van der Waals surface area contributed by atoms with E-state index in [0.29, 0.717) is 0 Å². The Balaban J connectivity index is -0.000000225. The van der Waals surface area contributed by atoms with Crippen LogP contribution >= 0.6 is 0 Å². The summed E-state index contributed by atoms with van der Waals surface area (Å²) >= 11 is 0. The van der Waals surface area contributed by atoms with Gasteiger partial charge >= 0.3 is 0 Å². The van der Waals surface area contributed by atoms with Crippen LogP contribution in [0.4, 0.5) is 0 Å². The average Bonchev–Trinajstić information content (AvgIpc) is 2.33. The number of quaternary nitrogens is 2. The smallest absolute Gasteiger partial charge is 0.156 e. The zero-order valence-electron chi connectivity index (χ0n) is 15.0. The van der Waals surface area contributed by atoms with E-state index < -0.39 is 16.3 Å². The van der Waals surface area contributed by atoms with Gasteiger partial charge in [-0.25, -0.2) is 13.6 Å². The maximum absolute atomic E-state index is 10.1. The number of rotatable bonds is 12. The number of hydrogen-bond donors (Lipinski definition) is 3.